The van der Waals surface area contributed by atoms with Crippen molar-refractivity contribution in [3.63, 3.8) is 0 Å². The van der Waals surface area contributed by atoms with Gasteiger partial charge in [0.05, 0.1) is 11.8 Å². The molecule has 0 aromatic carbocycles. The van der Waals surface area contributed by atoms with Crippen molar-refractivity contribution in [3.8, 4) is 0 Å². The van der Waals surface area contributed by atoms with Crippen LogP contribution in [0.15, 0.2) is 0 Å². The van der Waals surface area contributed by atoms with Crippen molar-refractivity contribution in [3.05, 3.63) is 0 Å². The van der Waals surface area contributed by atoms with Gasteiger partial charge in [0.2, 0.25) is 11.8 Å². The Labute approximate surface area is 89.0 Å². The molecule has 2 saturated heterocycles. The molecule has 2 amide bonds. The summed E-state index contributed by atoms with van der Waals surface area (Å²) < 4.78 is 0. The second-order valence-electron chi connectivity index (χ2n) is 5.03. The molecular formula is C11H16N2O2. The molecule has 2 aliphatic heterocycles. The molecule has 1 aliphatic carbocycles. The minimum atomic E-state index is 0.0580. The van der Waals surface area contributed by atoms with Crippen molar-refractivity contribution < 1.29 is 9.59 Å². The van der Waals surface area contributed by atoms with Crippen LogP contribution in [0, 0.1) is 11.8 Å². The molecule has 1 saturated carbocycles. The molecule has 4 nitrogen and oxygen atoms in total. The van der Waals surface area contributed by atoms with E-state index in [0.717, 1.165) is 25.8 Å². The van der Waals surface area contributed by atoms with Gasteiger partial charge < -0.3 is 5.32 Å². The molecule has 4 atom stereocenters. The largest absolute Gasteiger partial charge is 0.314 e. The number of likely N-dealkylation sites (tertiary alicyclic amines) is 1. The van der Waals surface area contributed by atoms with Gasteiger partial charge >= 0.3 is 0 Å². The Balaban J connectivity index is 1.76. The van der Waals surface area contributed by atoms with Gasteiger partial charge in [0.15, 0.2) is 0 Å². The van der Waals surface area contributed by atoms with Crippen LogP contribution in [-0.2, 0) is 9.59 Å². The number of carbonyl (C=O) groups is 2. The lowest BCUT2D eigenvalue weighted by molar-refractivity contribution is -0.144. The van der Waals surface area contributed by atoms with E-state index in [9.17, 15) is 9.59 Å². The fraction of sp³-hybridized carbons (Fsp3) is 0.818. The lowest BCUT2D eigenvalue weighted by Crippen LogP contribution is -2.50. The summed E-state index contributed by atoms with van der Waals surface area (Å²) in [7, 11) is 0. The molecule has 15 heavy (non-hydrogen) atoms. The number of nitrogens with zero attached hydrogens (tertiary/aromatic N) is 1. The Morgan fingerprint density at radius 3 is 2.47 bits per heavy atom. The van der Waals surface area contributed by atoms with Crippen LogP contribution in [-0.4, -0.2) is 35.3 Å². The van der Waals surface area contributed by atoms with E-state index in [0.29, 0.717) is 6.04 Å². The van der Waals surface area contributed by atoms with Crippen LogP contribution in [0.3, 0.4) is 0 Å². The number of nitrogens with one attached hydrogen (secondary N) is 1. The fourth-order valence-corrected chi connectivity index (χ4v) is 2.91. The Bertz CT molecular complexity index is 309. The first-order valence-electron chi connectivity index (χ1n) is 5.79. The van der Waals surface area contributed by atoms with Gasteiger partial charge in [0, 0.05) is 12.1 Å². The first-order valence-corrected chi connectivity index (χ1v) is 5.79. The zero-order chi connectivity index (χ0) is 10.6. The summed E-state index contributed by atoms with van der Waals surface area (Å²) in [5, 5.41) is 3.34. The van der Waals surface area contributed by atoms with Crippen LogP contribution in [0.2, 0.25) is 0 Å². The minimum Gasteiger partial charge on any atom is -0.314 e. The van der Waals surface area contributed by atoms with Gasteiger partial charge in [0.1, 0.15) is 0 Å². The topological polar surface area (TPSA) is 49.4 Å². The third-order valence-corrected chi connectivity index (χ3v) is 3.86. The zero-order valence-corrected chi connectivity index (χ0v) is 8.90. The number of carbonyl (C=O) groups excluding carboxylic acids is 2. The maximum Gasteiger partial charge on any atom is 0.233 e. The molecular weight excluding hydrogens is 192 g/mol. The molecule has 3 aliphatic rings. The van der Waals surface area contributed by atoms with Crippen molar-refractivity contribution in [1.29, 1.82) is 0 Å². The number of rotatable bonds is 1. The number of amides is 2. The molecule has 1 N–H and O–H groups in total. The molecule has 0 spiro atoms. The van der Waals surface area contributed by atoms with Crippen LogP contribution < -0.4 is 5.32 Å². The highest BCUT2D eigenvalue weighted by Gasteiger charge is 2.60. The van der Waals surface area contributed by atoms with Gasteiger partial charge in [-0.05, 0) is 32.7 Å². The second-order valence-corrected chi connectivity index (χ2v) is 5.03. The van der Waals surface area contributed by atoms with Crippen molar-refractivity contribution in [2.24, 2.45) is 11.8 Å². The van der Waals surface area contributed by atoms with E-state index in [2.05, 4.69) is 12.2 Å². The average Bonchev–Trinajstić information content (AvgIpc) is 2.92. The van der Waals surface area contributed by atoms with E-state index in [-0.39, 0.29) is 29.7 Å². The Hall–Kier alpha value is -0.900. The van der Waals surface area contributed by atoms with Crippen molar-refractivity contribution in [2.75, 3.05) is 6.54 Å². The van der Waals surface area contributed by atoms with Crippen LogP contribution in [0.25, 0.3) is 0 Å². The second kappa shape index (κ2) is 3.04. The van der Waals surface area contributed by atoms with Gasteiger partial charge in [-0.2, -0.15) is 0 Å². The third-order valence-electron chi connectivity index (χ3n) is 3.86. The highest BCUT2D eigenvalue weighted by atomic mass is 16.2. The van der Waals surface area contributed by atoms with E-state index >= 15 is 0 Å². The van der Waals surface area contributed by atoms with E-state index in [1.165, 1.54) is 0 Å². The number of piperidine rings is 2. The number of fused-ring (bicyclic) bond motifs is 1. The summed E-state index contributed by atoms with van der Waals surface area (Å²) in [4.78, 5) is 25.3. The molecule has 2 heterocycles. The lowest BCUT2D eigenvalue weighted by atomic mass is 9.99. The van der Waals surface area contributed by atoms with Crippen LogP contribution in [0.4, 0.5) is 0 Å². The SMILES string of the molecule is CC1CC(N2C(=O)C3CC3C2=O)CCN1. The Morgan fingerprint density at radius 2 is 1.87 bits per heavy atom. The minimum absolute atomic E-state index is 0.0580. The fourth-order valence-electron chi connectivity index (χ4n) is 2.91. The molecule has 82 valence electrons. The summed E-state index contributed by atoms with van der Waals surface area (Å²) in [6.45, 7) is 3.02. The first kappa shape index (κ1) is 9.33. The van der Waals surface area contributed by atoms with E-state index in [1.54, 1.807) is 4.90 Å². The van der Waals surface area contributed by atoms with Gasteiger partial charge in [0.25, 0.3) is 0 Å². The molecule has 3 fully saturated rings. The maximum absolute atomic E-state index is 11.8. The third kappa shape index (κ3) is 1.31. The van der Waals surface area contributed by atoms with Crippen LogP contribution in [0.1, 0.15) is 26.2 Å². The highest BCUT2D eigenvalue weighted by Crippen LogP contribution is 2.48. The molecule has 0 aromatic rings. The maximum atomic E-state index is 11.8. The number of hydrogen-bond acceptors (Lipinski definition) is 3. The predicted octanol–water partition coefficient (Wildman–Crippen LogP) is 0.132. The van der Waals surface area contributed by atoms with Crippen molar-refractivity contribution in [1.82, 2.24) is 10.2 Å². The molecule has 0 bridgehead atoms. The average molecular weight is 208 g/mol. The number of hydrogen-bond donors (Lipinski definition) is 1. The smallest absolute Gasteiger partial charge is 0.233 e. The van der Waals surface area contributed by atoms with Crippen molar-refractivity contribution in [2.45, 2.75) is 38.3 Å². The normalized spacial score (nSPS) is 44.5. The standard InChI is InChI=1S/C11H16N2O2/c1-6-4-7(2-3-12-6)13-10(14)8-5-9(8)11(13)15/h6-9,12H,2-5H2,1H3. The summed E-state index contributed by atoms with van der Waals surface area (Å²) in [5.41, 5.74) is 0. The van der Waals surface area contributed by atoms with Gasteiger partial charge in [-0.3, -0.25) is 14.5 Å². The Morgan fingerprint density at radius 1 is 1.20 bits per heavy atom. The van der Waals surface area contributed by atoms with E-state index < -0.39 is 0 Å². The molecule has 0 aromatic heterocycles. The molecule has 3 rings (SSSR count). The highest BCUT2D eigenvalue weighted by molar-refractivity contribution is 6.09. The van der Waals surface area contributed by atoms with Crippen LogP contribution >= 0.6 is 0 Å². The lowest BCUT2D eigenvalue weighted by Gasteiger charge is -2.34. The quantitative estimate of drug-likeness (QED) is 0.623. The van der Waals surface area contributed by atoms with Gasteiger partial charge in [-0.25, -0.2) is 0 Å². The number of imide groups is 1. The summed E-state index contributed by atoms with van der Waals surface area (Å²) in [5.74, 6) is 0.318. The van der Waals surface area contributed by atoms with E-state index in [4.69, 9.17) is 0 Å². The van der Waals surface area contributed by atoms with Gasteiger partial charge in [-0.1, -0.05) is 0 Å². The monoisotopic (exact) mass is 208 g/mol. The first-order chi connectivity index (χ1) is 7.18. The van der Waals surface area contributed by atoms with E-state index in [1.807, 2.05) is 0 Å². The molecule has 4 heteroatoms. The molecule has 4 unspecified atom stereocenters. The molecule has 0 radical (unpaired) electrons. The van der Waals surface area contributed by atoms with Crippen LogP contribution in [0.5, 0.6) is 0 Å². The van der Waals surface area contributed by atoms with Gasteiger partial charge in [-0.15, -0.1) is 0 Å². The predicted molar refractivity (Wildman–Crippen MR) is 53.9 cm³/mol. The van der Waals surface area contributed by atoms with Crippen molar-refractivity contribution >= 4 is 11.8 Å². The summed E-state index contributed by atoms with van der Waals surface area (Å²) in [6, 6.07) is 0.579. The summed E-state index contributed by atoms with van der Waals surface area (Å²) in [6.07, 6.45) is 2.65. The Kier molecular flexibility index (Phi) is 1.89. The zero-order valence-electron chi connectivity index (χ0n) is 8.90. The summed E-state index contributed by atoms with van der Waals surface area (Å²) >= 11 is 0.